The minimum Gasteiger partial charge on any atom is -0.349 e. The number of benzene rings is 1. The zero-order chi connectivity index (χ0) is 15.9. The largest absolute Gasteiger partial charge is 0.349 e. The first kappa shape index (κ1) is 17.0. The van der Waals surface area contributed by atoms with Crippen molar-refractivity contribution in [3.63, 3.8) is 0 Å². The van der Waals surface area contributed by atoms with Gasteiger partial charge in [0.05, 0.1) is 26.4 Å². The molecule has 0 fully saturated rings. The van der Waals surface area contributed by atoms with Crippen LogP contribution in [0.25, 0.3) is 0 Å². The first-order valence-corrected chi connectivity index (χ1v) is 9.09. The molecule has 118 valence electrons. The molecule has 1 atom stereocenters. The topological polar surface area (TPSA) is 46.4 Å². The molecular weight excluding hydrogens is 314 g/mol. The van der Waals surface area contributed by atoms with Crippen molar-refractivity contribution < 1.29 is 9.69 Å². The molecule has 1 aromatic carbocycles. The van der Waals surface area contributed by atoms with Gasteiger partial charge in [0.1, 0.15) is 6.04 Å². The van der Waals surface area contributed by atoms with Gasteiger partial charge in [-0.1, -0.05) is 42.1 Å². The van der Waals surface area contributed by atoms with E-state index >= 15 is 0 Å². The number of quaternary nitrogens is 1. The van der Waals surface area contributed by atoms with E-state index in [0.717, 1.165) is 10.0 Å². The van der Waals surface area contributed by atoms with Crippen LogP contribution in [0, 0.1) is 6.92 Å². The van der Waals surface area contributed by atoms with Gasteiger partial charge in [0, 0.05) is 16.6 Å². The second-order valence-corrected chi connectivity index (χ2v) is 7.47. The first-order chi connectivity index (χ1) is 10.6. The second kappa shape index (κ2) is 8.31. The summed E-state index contributed by atoms with van der Waals surface area (Å²) in [5.41, 5.74) is 2.25. The number of nitrogens with one attached hydrogen (secondary N) is 2. The molecule has 0 aliphatic heterocycles. The molecule has 6 heteroatoms. The van der Waals surface area contributed by atoms with Gasteiger partial charge in [-0.3, -0.25) is 4.79 Å². The molecule has 0 bridgehead atoms. The number of likely N-dealkylation sites (N-methyl/N-ethyl adjacent to an activating group) is 1. The molecule has 4 nitrogen and oxygen atoms in total. The van der Waals surface area contributed by atoms with Gasteiger partial charge in [0.25, 0.3) is 0 Å². The van der Waals surface area contributed by atoms with Crippen molar-refractivity contribution in [2.24, 2.45) is 0 Å². The minimum absolute atomic E-state index is 0.0556. The van der Waals surface area contributed by atoms with E-state index in [2.05, 4.69) is 36.5 Å². The Morgan fingerprint density at radius 2 is 2.09 bits per heavy atom. The highest BCUT2D eigenvalue weighted by atomic mass is 32.2. The van der Waals surface area contributed by atoms with Crippen LogP contribution >= 0.6 is 23.1 Å². The van der Waals surface area contributed by atoms with Gasteiger partial charge in [-0.15, -0.1) is 11.3 Å². The van der Waals surface area contributed by atoms with Gasteiger partial charge in [-0.2, -0.15) is 0 Å². The molecule has 0 unspecified atom stereocenters. The summed E-state index contributed by atoms with van der Waals surface area (Å²) in [6, 6.07) is 10.6. The van der Waals surface area contributed by atoms with Crippen LogP contribution in [0.4, 0.5) is 0 Å². The van der Waals surface area contributed by atoms with Crippen LogP contribution in [0.3, 0.4) is 0 Å². The molecule has 1 amide bonds. The molecule has 0 spiro atoms. The van der Waals surface area contributed by atoms with Crippen molar-refractivity contribution in [2.45, 2.75) is 17.3 Å². The van der Waals surface area contributed by atoms with E-state index in [4.69, 9.17) is 0 Å². The average Bonchev–Trinajstić information content (AvgIpc) is 2.92. The van der Waals surface area contributed by atoms with E-state index < -0.39 is 0 Å². The summed E-state index contributed by atoms with van der Waals surface area (Å²) in [5, 5.41) is 5.04. The number of aromatic nitrogens is 1. The summed E-state index contributed by atoms with van der Waals surface area (Å²) >= 11 is 3.08. The fraction of sp³-hybridized carbons (Fsp3) is 0.375. The summed E-state index contributed by atoms with van der Waals surface area (Å²) < 4.78 is 0.950. The second-order valence-electron chi connectivity index (χ2n) is 5.39. The SMILES string of the molecule is Cc1csc(SCC(=O)NC[C@@H](c2ccccc2)[NH+](C)C)n1. The van der Waals surface area contributed by atoms with Gasteiger partial charge >= 0.3 is 0 Å². The van der Waals surface area contributed by atoms with Crippen LogP contribution in [0.1, 0.15) is 17.3 Å². The third kappa shape index (κ3) is 5.12. The monoisotopic (exact) mass is 336 g/mol. The van der Waals surface area contributed by atoms with E-state index in [0.29, 0.717) is 12.3 Å². The number of rotatable bonds is 7. The number of thioether (sulfide) groups is 1. The normalized spacial score (nSPS) is 12.4. The fourth-order valence-corrected chi connectivity index (χ4v) is 3.81. The highest BCUT2D eigenvalue weighted by molar-refractivity contribution is 8.01. The van der Waals surface area contributed by atoms with Crippen LogP contribution < -0.4 is 10.2 Å². The molecule has 1 heterocycles. The Labute approximate surface area is 139 Å². The van der Waals surface area contributed by atoms with E-state index in [9.17, 15) is 4.79 Å². The Hall–Kier alpha value is -1.37. The van der Waals surface area contributed by atoms with E-state index in [1.807, 2.05) is 30.5 Å². The number of carbonyl (C=O) groups is 1. The fourth-order valence-electron chi connectivity index (χ4n) is 2.13. The molecule has 2 rings (SSSR count). The molecule has 0 saturated carbocycles. The molecule has 0 aliphatic rings. The van der Waals surface area contributed by atoms with Crippen molar-refractivity contribution in [2.75, 3.05) is 26.4 Å². The van der Waals surface area contributed by atoms with Crippen LogP contribution in [-0.4, -0.2) is 37.3 Å². The molecule has 0 aliphatic carbocycles. The standard InChI is InChI=1S/C16H21N3OS2/c1-12-10-21-16(18-12)22-11-15(20)17-9-14(19(2)3)13-7-5-4-6-8-13/h4-8,10,14H,9,11H2,1-3H3,(H,17,20)/p+1/t14-/m0/s1. The lowest BCUT2D eigenvalue weighted by Gasteiger charge is -2.22. The van der Waals surface area contributed by atoms with E-state index in [-0.39, 0.29) is 11.9 Å². The zero-order valence-electron chi connectivity index (χ0n) is 13.1. The lowest BCUT2D eigenvalue weighted by molar-refractivity contribution is -0.890. The minimum atomic E-state index is 0.0556. The van der Waals surface area contributed by atoms with Gasteiger partial charge in [0.15, 0.2) is 4.34 Å². The Kier molecular flexibility index (Phi) is 6.42. The van der Waals surface area contributed by atoms with E-state index in [1.165, 1.54) is 22.2 Å². The van der Waals surface area contributed by atoms with Crippen molar-refractivity contribution >= 4 is 29.0 Å². The highest BCUT2D eigenvalue weighted by Gasteiger charge is 2.18. The Bertz CT molecular complexity index is 598. The Morgan fingerprint density at radius 1 is 1.36 bits per heavy atom. The van der Waals surface area contributed by atoms with Crippen molar-refractivity contribution in [3.05, 3.63) is 47.0 Å². The lowest BCUT2D eigenvalue weighted by Crippen LogP contribution is -3.07. The molecule has 2 aromatic rings. The number of hydrogen-bond donors (Lipinski definition) is 2. The average molecular weight is 337 g/mol. The number of carbonyl (C=O) groups excluding carboxylic acids is 1. The van der Waals surface area contributed by atoms with Crippen LogP contribution in [0.2, 0.25) is 0 Å². The number of nitrogens with zero attached hydrogens (tertiary/aromatic N) is 1. The van der Waals surface area contributed by atoms with Gasteiger partial charge < -0.3 is 10.2 Å². The van der Waals surface area contributed by atoms with Crippen molar-refractivity contribution in [3.8, 4) is 0 Å². The van der Waals surface area contributed by atoms with Crippen LogP contribution in [0.15, 0.2) is 40.1 Å². The number of aryl methyl sites for hydroxylation is 1. The Morgan fingerprint density at radius 3 is 2.68 bits per heavy atom. The molecule has 0 radical (unpaired) electrons. The van der Waals surface area contributed by atoms with Crippen molar-refractivity contribution in [1.82, 2.24) is 10.3 Å². The molecule has 22 heavy (non-hydrogen) atoms. The summed E-state index contributed by atoms with van der Waals surface area (Å²) in [5.74, 6) is 0.470. The van der Waals surface area contributed by atoms with Gasteiger partial charge in [-0.25, -0.2) is 4.98 Å². The number of hydrogen-bond acceptors (Lipinski definition) is 4. The summed E-state index contributed by atoms with van der Waals surface area (Å²) in [4.78, 5) is 17.7. The van der Waals surface area contributed by atoms with Crippen LogP contribution in [-0.2, 0) is 4.79 Å². The Balaban J connectivity index is 1.83. The quantitative estimate of drug-likeness (QED) is 0.754. The molecular formula is C16H22N3OS2+. The summed E-state index contributed by atoms with van der Waals surface area (Å²) in [6.45, 7) is 2.60. The maximum atomic E-state index is 12.0. The third-order valence-corrected chi connectivity index (χ3v) is 5.47. The van der Waals surface area contributed by atoms with Gasteiger partial charge in [0.2, 0.25) is 5.91 Å². The first-order valence-electron chi connectivity index (χ1n) is 7.23. The zero-order valence-corrected chi connectivity index (χ0v) is 14.8. The maximum absolute atomic E-state index is 12.0. The molecule has 1 aromatic heterocycles. The smallest absolute Gasteiger partial charge is 0.230 e. The summed E-state index contributed by atoms with van der Waals surface area (Å²) in [7, 11) is 4.22. The molecule has 2 N–H and O–H groups in total. The van der Waals surface area contributed by atoms with Crippen LogP contribution in [0.5, 0.6) is 0 Å². The van der Waals surface area contributed by atoms with E-state index in [1.54, 1.807) is 11.3 Å². The lowest BCUT2D eigenvalue weighted by atomic mass is 10.1. The highest BCUT2D eigenvalue weighted by Crippen LogP contribution is 2.21. The third-order valence-electron chi connectivity index (χ3n) is 3.33. The number of amides is 1. The number of thiazole rings is 1. The predicted octanol–water partition coefficient (Wildman–Crippen LogP) is 1.55. The van der Waals surface area contributed by atoms with Gasteiger partial charge in [-0.05, 0) is 6.92 Å². The molecule has 0 saturated heterocycles. The predicted molar refractivity (Wildman–Crippen MR) is 92.6 cm³/mol. The van der Waals surface area contributed by atoms with Crippen molar-refractivity contribution in [1.29, 1.82) is 0 Å². The summed E-state index contributed by atoms with van der Waals surface area (Å²) in [6.07, 6.45) is 0. The maximum Gasteiger partial charge on any atom is 0.230 e.